The number of nitrogens with zero attached hydrogens (tertiary/aromatic N) is 3. The highest BCUT2D eigenvalue weighted by atomic mass is 127. The molecule has 1 aliphatic heterocycles. The quantitative estimate of drug-likeness (QED) is 0.773. The van der Waals surface area contributed by atoms with E-state index in [0.29, 0.717) is 12.5 Å². The summed E-state index contributed by atoms with van der Waals surface area (Å²) in [5, 5.41) is 2.85. The Morgan fingerprint density at radius 3 is 2.69 bits per heavy atom. The highest BCUT2D eigenvalue weighted by Crippen LogP contribution is 2.22. The second-order valence-electron chi connectivity index (χ2n) is 4.17. The van der Waals surface area contributed by atoms with Gasteiger partial charge < -0.3 is 10.2 Å². The third kappa shape index (κ3) is 1.98. The maximum atomic E-state index is 11.8. The fourth-order valence-electron chi connectivity index (χ4n) is 1.69. The fraction of sp³-hybridized carbons (Fsp3) is 0.500. The van der Waals surface area contributed by atoms with E-state index in [2.05, 4.69) is 37.9 Å². The third-order valence-corrected chi connectivity index (χ3v) is 3.26. The highest BCUT2D eigenvalue weighted by Gasteiger charge is 2.38. The van der Waals surface area contributed by atoms with Crippen LogP contribution < -0.4 is 10.2 Å². The van der Waals surface area contributed by atoms with Gasteiger partial charge in [-0.1, -0.05) is 0 Å². The monoisotopic (exact) mass is 332 g/mol. The lowest BCUT2D eigenvalue weighted by Gasteiger charge is -2.41. The van der Waals surface area contributed by atoms with Crippen molar-refractivity contribution in [3.05, 3.63) is 16.0 Å². The molecule has 1 N–H and O–H groups in total. The zero-order valence-corrected chi connectivity index (χ0v) is 11.4. The smallest absolute Gasteiger partial charge is 0.245 e. The molecule has 0 radical (unpaired) electrons. The van der Waals surface area contributed by atoms with Gasteiger partial charge in [0.15, 0.2) is 0 Å². The molecule has 1 aromatic rings. The summed E-state index contributed by atoms with van der Waals surface area (Å²) in [4.78, 5) is 22.2. The zero-order chi connectivity index (χ0) is 11.8. The topological polar surface area (TPSA) is 58.1 Å². The van der Waals surface area contributed by atoms with Crippen molar-refractivity contribution in [2.75, 3.05) is 18.0 Å². The van der Waals surface area contributed by atoms with E-state index in [4.69, 9.17) is 0 Å². The molecular weight excluding hydrogens is 319 g/mol. The fourth-order valence-corrected chi connectivity index (χ4v) is 1.97. The van der Waals surface area contributed by atoms with E-state index in [9.17, 15) is 4.79 Å². The summed E-state index contributed by atoms with van der Waals surface area (Å²) in [6.07, 6.45) is 3.51. The number of aromatic nitrogens is 2. The molecule has 0 unspecified atom stereocenters. The van der Waals surface area contributed by atoms with Gasteiger partial charge in [0.25, 0.3) is 0 Å². The molecule has 0 aromatic carbocycles. The van der Waals surface area contributed by atoms with Crippen molar-refractivity contribution in [3.8, 4) is 0 Å². The first-order valence-electron chi connectivity index (χ1n) is 5.05. The van der Waals surface area contributed by atoms with Gasteiger partial charge in [0.2, 0.25) is 11.9 Å². The first-order valence-corrected chi connectivity index (χ1v) is 6.13. The van der Waals surface area contributed by atoms with Gasteiger partial charge in [0.05, 0.1) is 0 Å². The second kappa shape index (κ2) is 4.15. The molecule has 1 aliphatic rings. The Labute approximate surface area is 108 Å². The van der Waals surface area contributed by atoms with Gasteiger partial charge in [-0.15, -0.1) is 0 Å². The Balaban J connectivity index is 2.32. The summed E-state index contributed by atoms with van der Waals surface area (Å²) in [6, 6.07) is 0. The zero-order valence-electron chi connectivity index (χ0n) is 9.20. The number of carbonyl (C=O) groups is 1. The van der Waals surface area contributed by atoms with E-state index in [1.165, 1.54) is 0 Å². The number of nitrogens with one attached hydrogen (secondary N) is 1. The van der Waals surface area contributed by atoms with Crippen molar-refractivity contribution < 1.29 is 4.79 Å². The Hall–Kier alpha value is -0.920. The first kappa shape index (κ1) is 11.6. The second-order valence-corrected chi connectivity index (χ2v) is 5.41. The van der Waals surface area contributed by atoms with Gasteiger partial charge in [-0.05, 0) is 36.4 Å². The van der Waals surface area contributed by atoms with Gasteiger partial charge in [0.1, 0.15) is 5.54 Å². The lowest BCUT2D eigenvalue weighted by atomic mass is 10.00. The van der Waals surface area contributed by atoms with Gasteiger partial charge in [-0.3, -0.25) is 4.79 Å². The average molecular weight is 332 g/mol. The number of hydrogen-bond acceptors (Lipinski definition) is 4. The number of piperazine rings is 1. The molecule has 1 aromatic heterocycles. The van der Waals surface area contributed by atoms with Crippen LogP contribution in [0.15, 0.2) is 12.4 Å². The molecule has 0 spiro atoms. The minimum atomic E-state index is -0.592. The molecule has 16 heavy (non-hydrogen) atoms. The van der Waals surface area contributed by atoms with Crippen LogP contribution >= 0.6 is 22.6 Å². The number of amides is 1. The Morgan fingerprint density at radius 1 is 1.44 bits per heavy atom. The van der Waals surface area contributed by atoms with Gasteiger partial charge in [0, 0.05) is 29.1 Å². The number of hydrogen-bond donors (Lipinski definition) is 1. The number of carbonyl (C=O) groups excluding carboxylic acids is 1. The minimum Gasteiger partial charge on any atom is -0.352 e. The molecule has 1 saturated heterocycles. The number of halogens is 1. The van der Waals surface area contributed by atoms with Crippen LogP contribution in [0.25, 0.3) is 0 Å². The molecule has 86 valence electrons. The molecule has 2 rings (SSSR count). The molecular formula is C10H13IN4O. The van der Waals surface area contributed by atoms with Crippen LogP contribution in [0.4, 0.5) is 5.95 Å². The van der Waals surface area contributed by atoms with Crippen molar-refractivity contribution in [1.82, 2.24) is 15.3 Å². The van der Waals surface area contributed by atoms with Crippen LogP contribution in [-0.4, -0.2) is 34.5 Å². The van der Waals surface area contributed by atoms with Gasteiger partial charge >= 0.3 is 0 Å². The van der Waals surface area contributed by atoms with E-state index in [1.54, 1.807) is 12.4 Å². The summed E-state index contributed by atoms with van der Waals surface area (Å²) >= 11 is 2.16. The van der Waals surface area contributed by atoms with Crippen LogP contribution in [0.2, 0.25) is 0 Å². The molecule has 1 amide bonds. The van der Waals surface area contributed by atoms with E-state index in [0.717, 1.165) is 10.1 Å². The molecule has 2 heterocycles. The summed E-state index contributed by atoms with van der Waals surface area (Å²) < 4.78 is 0.987. The van der Waals surface area contributed by atoms with Gasteiger partial charge in [-0.25, -0.2) is 9.97 Å². The number of anilines is 1. The van der Waals surface area contributed by atoms with Crippen LogP contribution in [0, 0.1) is 3.57 Å². The summed E-state index contributed by atoms with van der Waals surface area (Å²) in [5.74, 6) is 0.626. The predicted octanol–water partition coefficient (Wildman–Crippen LogP) is 0.796. The Kier molecular flexibility index (Phi) is 3.00. The van der Waals surface area contributed by atoms with E-state index in [1.807, 2.05) is 18.7 Å². The van der Waals surface area contributed by atoms with Crippen LogP contribution in [0.1, 0.15) is 13.8 Å². The number of rotatable bonds is 1. The predicted molar refractivity (Wildman–Crippen MR) is 69.2 cm³/mol. The lowest BCUT2D eigenvalue weighted by molar-refractivity contribution is -0.126. The summed E-state index contributed by atoms with van der Waals surface area (Å²) in [6.45, 7) is 5.13. The molecule has 5 nitrogen and oxygen atoms in total. The van der Waals surface area contributed by atoms with Crippen molar-refractivity contribution in [2.45, 2.75) is 19.4 Å². The average Bonchev–Trinajstić information content (AvgIpc) is 2.24. The molecule has 0 atom stereocenters. The molecule has 0 saturated carbocycles. The molecule has 0 aliphatic carbocycles. The van der Waals surface area contributed by atoms with E-state index < -0.39 is 5.54 Å². The Morgan fingerprint density at radius 2 is 2.06 bits per heavy atom. The van der Waals surface area contributed by atoms with Crippen molar-refractivity contribution in [2.24, 2.45) is 0 Å². The maximum Gasteiger partial charge on any atom is 0.245 e. The standard InChI is InChI=1S/C10H13IN4O/c1-10(2)8(16)12-3-4-15(10)9-13-5-7(11)6-14-9/h5-6H,3-4H2,1-2H3,(H,12,16). The third-order valence-electron chi connectivity index (χ3n) is 2.70. The van der Waals surface area contributed by atoms with Gasteiger partial charge in [-0.2, -0.15) is 0 Å². The SMILES string of the molecule is CC1(C)C(=O)NCCN1c1ncc(I)cn1. The largest absolute Gasteiger partial charge is 0.352 e. The summed E-state index contributed by atoms with van der Waals surface area (Å²) in [5.41, 5.74) is -0.592. The summed E-state index contributed by atoms with van der Waals surface area (Å²) in [7, 11) is 0. The normalized spacial score (nSPS) is 19.4. The van der Waals surface area contributed by atoms with Crippen LogP contribution in [0.3, 0.4) is 0 Å². The van der Waals surface area contributed by atoms with E-state index >= 15 is 0 Å². The van der Waals surface area contributed by atoms with Crippen LogP contribution in [-0.2, 0) is 4.79 Å². The van der Waals surface area contributed by atoms with Crippen molar-refractivity contribution >= 4 is 34.4 Å². The van der Waals surface area contributed by atoms with Crippen molar-refractivity contribution in [1.29, 1.82) is 0 Å². The van der Waals surface area contributed by atoms with Crippen molar-refractivity contribution in [3.63, 3.8) is 0 Å². The lowest BCUT2D eigenvalue weighted by Crippen LogP contribution is -2.62. The van der Waals surface area contributed by atoms with Crippen LogP contribution in [0.5, 0.6) is 0 Å². The Bertz CT molecular complexity index is 404. The first-order chi connectivity index (χ1) is 7.51. The molecule has 6 heteroatoms. The van der Waals surface area contributed by atoms with E-state index in [-0.39, 0.29) is 5.91 Å². The minimum absolute atomic E-state index is 0.0147. The highest BCUT2D eigenvalue weighted by molar-refractivity contribution is 14.1. The molecule has 0 bridgehead atoms. The molecule has 1 fully saturated rings. The maximum absolute atomic E-state index is 11.8.